The van der Waals surface area contributed by atoms with Crippen molar-refractivity contribution >= 4 is 29.1 Å². The monoisotopic (exact) mass is 345 g/mol. The zero-order chi connectivity index (χ0) is 16.3. The summed E-state index contributed by atoms with van der Waals surface area (Å²) in [7, 11) is 0. The summed E-state index contributed by atoms with van der Waals surface area (Å²) in [6.45, 7) is 5.37. The first-order valence-corrected chi connectivity index (χ1v) is 8.09. The van der Waals surface area contributed by atoms with E-state index < -0.39 is 12.0 Å². The van der Waals surface area contributed by atoms with Crippen LogP contribution < -0.4 is 5.32 Å². The predicted molar refractivity (Wildman–Crippen MR) is 87.2 cm³/mol. The topological polar surface area (TPSA) is 58.6 Å². The maximum absolute atomic E-state index is 12.0. The minimum atomic E-state index is -1.24. The molecule has 1 aromatic rings. The number of benzene rings is 1. The van der Waals surface area contributed by atoms with E-state index in [1.54, 1.807) is 12.1 Å². The summed E-state index contributed by atoms with van der Waals surface area (Å²) in [4.78, 5) is 12.0. The number of hydrogen-bond donors (Lipinski definition) is 2. The minimum Gasteiger partial charge on any atom is -0.378 e. The van der Waals surface area contributed by atoms with E-state index in [1.807, 2.05) is 0 Å². The van der Waals surface area contributed by atoms with Gasteiger partial charge < -0.3 is 15.2 Å². The second-order valence-corrected chi connectivity index (χ2v) is 7.11. The van der Waals surface area contributed by atoms with Crippen molar-refractivity contribution in [3.63, 3.8) is 0 Å². The van der Waals surface area contributed by atoms with Crippen molar-refractivity contribution in [2.75, 3.05) is 13.2 Å². The van der Waals surface area contributed by atoms with Crippen molar-refractivity contribution in [2.24, 2.45) is 5.92 Å². The fraction of sp³-hybridized carbons (Fsp3) is 0.562. The van der Waals surface area contributed by atoms with E-state index in [9.17, 15) is 9.90 Å². The minimum absolute atomic E-state index is 0.0752. The molecule has 0 spiro atoms. The first kappa shape index (κ1) is 17.5. The van der Waals surface area contributed by atoms with Crippen LogP contribution in [0.2, 0.25) is 10.0 Å². The lowest BCUT2D eigenvalue weighted by atomic mass is 9.95. The van der Waals surface area contributed by atoms with E-state index in [-0.39, 0.29) is 5.60 Å². The molecule has 2 N–H and O–H groups in total. The molecule has 0 bridgehead atoms. The van der Waals surface area contributed by atoms with Crippen molar-refractivity contribution in [1.29, 1.82) is 0 Å². The molecular formula is C16H21Cl2NO3. The van der Waals surface area contributed by atoms with E-state index in [2.05, 4.69) is 19.2 Å². The van der Waals surface area contributed by atoms with Crippen LogP contribution in [-0.2, 0) is 9.53 Å². The highest BCUT2D eigenvalue weighted by Crippen LogP contribution is 2.30. The van der Waals surface area contributed by atoms with E-state index in [4.69, 9.17) is 27.9 Å². The second-order valence-electron chi connectivity index (χ2n) is 6.30. The van der Waals surface area contributed by atoms with Gasteiger partial charge in [-0.25, -0.2) is 0 Å². The Labute approximate surface area is 140 Å². The van der Waals surface area contributed by atoms with Crippen molar-refractivity contribution in [3.8, 4) is 0 Å². The van der Waals surface area contributed by atoms with Gasteiger partial charge in [0.15, 0.2) is 6.10 Å². The van der Waals surface area contributed by atoms with Crippen LogP contribution >= 0.6 is 23.2 Å². The molecule has 1 aliphatic heterocycles. The molecular weight excluding hydrogens is 325 g/mol. The Bertz CT molecular complexity index is 548. The summed E-state index contributed by atoms with van der Waals surface area (Å²) in [6, 6.07) is 4.65. The third-order valence-corrected chi connectivity index (χ3v) is 4.59. The lowest BCUT2D eigenvalue weighted by Gasteiger charge is -2.16. The van der Waals surface area contributed by atoms with Crippen LogP contribution in [-0.4, -0.2) is 29.8 Å². The Morgan fingerprint density at radius 2 is 2.18 bits per heavy atom. The Morgan fingerprint density at radius 3 is 2.77 bits per heavy atom. The molecule has 0 saturated carbocycles. The van der Waals surface area contributed by atoms with Crippen LogP contribution in [0.25, 0.3) is 0 Å². The third kappa shape index (κ3) is 4.59. The van der Waals surface area contributed by atoms with E-state index in [0.29, 0.717) is 28.1 Å². The van der Waals surface area contributed by atoms with Crippen LogP contribution in [0, 0.1) is 5.92 Å². The molecule has 4 nitrogen and oxygen atoms in total. The normalized spacial score (nSPS) is 21.6. The van der Waals surface area contributed by atoms with Gasteiger partial charge in [0.1, 0.15) is 0 Å². The van der Waals surface area contributed by atoms with Crippen molar-refractivity contribution < 1.29 is 14.6 Å². The number of carbonyl (C=O) groups excluding carboxylic acids is 1. The van der Waals surface area contributed by atoms with E-state index in [0.717, 1.165) is 19.4 Å². The summed E-state index contributed by atoms with van der Waals surface area (Å²) in [6.07, 6.45) is 0.577. The van der Waals surface area contributed by atoms with Gasteiger partial charge >= 0.3 is 0 Å². The van der Waals surface area contributed by atoms with Crippen LogP contribution in [0.1, 0.15) is 38.4 Å². The van der Waals surface area contributed by atoms with Gasteiger partial charge in [-0.2, -0.15) is 0 Å². The van der Waals surface area contributed by atoms with Crippen molar-refractivity contribution in [1.82, 2.24) is 5.32 Å². The van der Waals surface area contributed by atoms with Gasteiger partial charge in [0.25, 0.3) is 5.91 Å². The summed E-state index contributed by atoms with van der Waals surface area (Å²) < 4.78 is 5.66. The largest absolute Gasteiger partial charge is 0.378 e. The molecule has 2 unspecified atom stereocenters. The van der Waals surface area contributed by atoms with Crippen LogP contribution in [0.3, 0.4) is 0 Å². The highest BCUT2D eigenvalue weighted by atomic mass is 35.5. The fourth-order valence-corrected chi connectivity index (χ4v) is 2.98. The number of hydrogen-bond acceptors (Lipinski definition) is 3. The Hall–Kier alpha value is -0.810. The van der Waals surface area contributed by atoms with E-state index in [1.165, 1.54) is 6.07 Å². The van der Waals surface area contributed by atoms with Crippen molar-refractivity contribution in [2.45, 2.75) is 38.4 Å². The average molecular weight is 346 g/mol. The molecule has 2 atom stereocenters. The SMILES string of the molecule is CC1(C)CC(CCNC(=O)C(O)c2ccc(Cl)c(Cl)c2)CO1. The van der Waals surface area contributed by atoms with Gasteiger partial charge in [0.2, 0.25) is 0 Å². The molecule has 0 aromatic heterocycles. The highest BCUT2D eigenvalue weighted by Gasteiger charge is 2.31. The first-order chi connectivity index (χ1) is 10.3. The Morgan fingerprint density at radius 1 is 1.45 bits per heavy atom. The molecule has 0 aliphatic carbocycles. The van der Waals surface area contributed by atoms with Crippen LogP contribution in [0.4, 0.5) is 0 Å². The summed E-state index contributed by atoms with van der Waals surface area (Å²) in [5, 5.41) is 13.5. The number of aliphatic hydroxyl groups excluding tert-OH is 1. The highest BCUT2D eigenvalue weighted by molar-refractivity contribution is 6.42. The Balaban J connectivity index is 1.80. The zero-order valence-electron chi connectivity index (χ0n) is 12.7. The molecule has 1 aliphatic rings. The molecule has 1 fully saturated rings. The average Bonchev–Trinajstić information content (AvgIpc) is 2.80. The molecule has 6 heteroatoms. The van der Waals surface area contributed by atoms with Crippen LogP contribution in [0.5, 0.6) is 0 Å². The molecule has 1 saturated heterocycles. The second kappa shape index (κ2) is 7.18. The lowest BCUT2D eigenvalue weighted by molar-refractivity contribution is -0.129. The molecule has 122 valence electrons. The molecule has 2 rings (SSSR count). The quantitative estimate of drug-likeness (QED) is 0.860. The van der Waals surface area contributed by atoms with Gasteiger partial charge in [-0.15, -0.1) is 0 Å². The van der Waals surface area contributed by atoms with Crippen molar-refractivity contribution in [3.05, 3.63) is 33.8 Å². The predicted octanol–water partition coefficient (Wildman–Crippen LogP) is 3.35. The number of nitrogens with one attached hydrogen (secondary N) is 1. The molecule has 1 aromatic carbocycles. The van der Waals surface area contributed by atoms with Gasteiger partial charge in [-0.3, -0.25) is 4.79 Å². The standard InChI is InChI=1S/C16H21Cl2NO3/c1-16(2)8-10(9-22-16)5-6-19-15(21)14(20)11-3-4-12(17)13(18)7-11/h3-4,7,10,14,20H,5-6,8-9H2,1-2H3,(H,19,21). The first-order valence-electron chi connectivity index (χ1n) is 7.33. The summed E-state index contributed by atoms with van der Waals surface area (Å²) in [5.74, 6) is 0.00832. The summed E-state index contributed by atoms with van der Waals surface area (Å²) >= 11 is 11.7. The Kier molecular flexibility index (Phi) is 5.72. The lowest BCUT2D eigenvalue weighted by Crippen LogP contribution is -2.31. The maximum Gasteiger partial charge on any atom is 0.253 e. The molecule has 22 heavy (non-hydrogen) atoms. The summed E-state index contributed by atoms with van der Waals surface area (Å²) in [5.41, 5.74) is 0.353. The van der Waals surface area contributed by atoms with Gasteiger partial charge in [-0.05, 0) is 50.3 Å². The number of aliphatic hydroxyl groups is 1. The number of ether oxygens (including phenoxy) is 1. The molecule has 1 heterocycles. The zero-order valence-corrected chi connectivity index (χ0v) is 14.2. The number of amides is 1. The van der Waals surface area contributed by atoms with Crippen LogP contribution in [0.15, 0.2) is 18.2 Å². The number of carbonyl (C=O) groups is 1. The van der Waals surface area contributed by atoms with Gasteiger partial charge in [0, 0.05) is 6.54 Å². The van der Waals surface area contributed by atoms with E-state index >= 15 is 0 Å². The van der Waals surface area contributed by atoms with Gasteiger partial charge in [-0.1, -0.05) is 29.3 Å². The molecule has 0 radical (unpaired) electrons. The smallest absolute Gasteiger partial charge is 0.253 e. The van der Waals surface area contributed by atoms with Gasteiger partial charge in [0.05, 0.1) is 22.3 Å². The maximum atomic E-state index is 12.0. The number of rotatable bonds is 5. The fourth-order valence-electron chi connectivity index (χ4n) is 2.67. The third-order valence-electron chi connectivity index (χ3n) is 3.85. The molecule has 1 amide bonds. The number of halogens is 2.